The van der Waals surface area contributed by atoms with E-state index >= 15 is 0 Å². The van der Waals surface area contributed by atoms with Gasteiger partial charge in [0.05, 0.1) is 5.75 Å². The molecule has 0 bridgehead atoms. The molecule has 0 saturated carbocycles. The second-order valence-electron chi connectivity index (χ2n) is 3.17. The van der Waals surface area contributed by atoms with Crippen LogP contribution >= 0.6 is 0 Å². The first-order valence-corrected chi connectivity index (χ1v) is 5.76. The summed E-state index contributed by atoms with van der Waals surface area (Å²) in [6.45, 7) is 1.36. The van der Waals surface area contributed by atoms with Crippen molar-refractivity contribution in [2.45, 2.75) is 13.5 Å². The van der Waals surface area contributed by atoms with Crippen LogP contribution in [0.15, 0.2) is 16.9 Å². The van der Waals surface area contributed by atoms with Crippen LogP contribution in [0.25, 0.3) is 0 Å². The molecule has 0 atom stereocenters. The van der Waals surface area contributed by atoms with Gasteiger partial charge in [-0.05, 0) is 12.5 Å². The molecule has 0 radical (unpaired) electrons. The molecule has 0 aliphatic rings. The van der Waals surface area contributed by atoms with E-state index in [1.165, 1.54) is 12.1 Å². The van der Waals surface area contributed by atoms with Crippen LogP contribution in [0.3, 0.4) is 0 Å². The Bertz CT molecular complexity index is 516. The topological polar surface area (TPSA) is 96.6 Å². The Morgan fingerprint density at radius 2 is 2.00 bits per heavy atom. The van der Waals surface area contributed by atoms with E-state index in [-0.39, 0.29) is 12.4 Å². The molecule has 1 aromatic rings. The smallest absolute Gasteiger partial charge is 0.266 e. The van der Waals surface area contributed by atoms with Crippen LogP contribution in [-0.2, 0) is 16.7 Å². The summed E-state index contributed by atoms with van der Waals surface area (Å²) in [6, 6.07) is 2.61. The van der Waals surface area contributed by atoms with E-state index in [0.29, 0.717) is 5.56 Å². The Morgan fingerprint density at radius 3 is 2.47 bits per heavy atom. The minimum absolute atomic E-state index is 0.274. The summed E-state index contributed by atoms with van der Waals surface area (Å²) in [4.78, 5) is 11.3. The van der Waals surface area contributed by atoms with Crippen LogP contribution < -0.4 is 5.56 Å². The number of pyridine rings is 1. The quantitative estimate of drug-likeness (QED) is 0.702. The second kappa shape index (κ2) is 4.03. The zero-order valence-corrected chi connectivity index (χ0v) is 8.86. The maximum Gasteiger partial charge on any atom is 0.266 e. The summed E-state index contributed by atoms with van der Waals surface area (Å²) < 4.78 is 30.3. The maximum absolute atomic E-state index is 11.3. The lowest BCUT2D eigenvalue weighted by Gasteiger charge is -2.07. The van der Waals surface area contributed by atoms with E-state index in [4.69, 9.17) is 4.55 Å². The number of aromatic nitrogens is 1. The molecule has 1 aromatic heterocycles. The predicted octanol–water partition coefficient (Wildman–Crippen LogP) is -0.250. The first-order valence-electron chi connectivity index (χ1n) is 4.15. The molecule has 2 N–H and O–H groups in total. The first-order chi connectivity index (χ1) is 6.79. The molecule has 0 aliphatic carbocycles. The van der Waals surface area contributed by atoms with E-state index in [9.17, 15) is 18.3 Å². The van der Waals surface area contributed by atoms with Gasteiger partial charge in [0.15, 0.2) is 5.88 Å². The lowest BCUT2D eigenvalue weighted by molar-refractivity contribution is 0.408. The summed E-state index contributed by atoms with van der Waals surface area (Å²) in [6.07, 6.45) is 0. The molecule has 84 valence electrons. The van der Waals surface area contributed by atoms with Gasteiger partial charge < -0.3 is 5.11 Å². The van der Waals surface area contributed by atoms with Crippen molar-refractivity contribution in [1.29, 1.82) is 0 Å². The molecular weight excluding hydrogens is 222 g/mol. The number of hydrogen-bond donors (Lipinski definition) is 2. The van der Waals surface area contributed by atoms with Gasteiger partial charge in [-0.2, -0.15) is 8.42 Å². The molecule has 0 fully saturated rings. The van der Waals surface area contributed by atoms with E-state index in [2.05, 4.69) is 0 Å². The molecule has 0 aliphatic heterocycles. The minimum atomic E-state index is -4.14. The van der Waals surface area contributed by atoms with Crippen molar-refractivity contribution in [2.75, 3.05) is 5.75 Å². The van der Waals surface area contributed by atoms with E-state index < -0.39 is 21.4 Å². The molecular formula is C8H11NO5S. The third-order valence-corrected chi connectivity index (χ3v) is 2.52. The third-order valence-electron chi connectivity index (χ3n) is 1.82. The van der Waals surface area contributed by atoms with Crippen LogP contribution in [0.2, 0.25) is 0 Å². The van der Waals surface area contributed by atoms with Gasteiger partial charge in [-0.25, -0.2) is 0 Å². The van der Waals surface area contributed by atoms with Gasteiger partial charge in [0.25, 0.3) is 15.7 Å². The van der Waals surface area contributed by atoms with E-state index in [0.717, 1.165) is 4.57 Å². The highest BCUT2D eigenvalue weighted by atomic mass is 32.2. The average molecular weight is 233 g/mol. The fraction of sp³-hybridized carbons (Fsp3) is 0.375. The van der Waals surface area contributed by atoms with Crippen LogP contribution in [0.5, 0.6) is 5.88 Å². The molecule has 0 spiro atoms. The second-order valence-corrected chi connectivity index (χ2v) is 4.74. The summed E-state index contributed by atoms with van der Waals surface area (Å²) in [5.41, 5.74) is 0.0803. The third kappa shape index (κ3) is 3.37. The van der Waals surface area contributed by atoms with Crippen molar-refractivity contribution >= 4 is 10.1 Å². The Kier molecular flexibility index (Phi) is 3.15. The minimum Gasteiger partial charge on any atom is -0.494 e. The molecule has 0 unspecified atom stereocenters. The zero-order valence-electron chi connectivity index (χ0n) is 8.04. The highest BCUT2D eigenvalue weighted by molar-refractivity contribution is 7.85. The van der Waals surface area contributed by atoms with Crippen molar-refractivity contribution in [2.24, 2.45) is 0 Å². The lowest BCUT2D eigenvalue weighted by atomic mass is 10.3. The lowest BCUT2D eigenvalue weighted by Crippen LogP contribution is -2.23. The van der Waals surface area contributed by atoms with Gasteiger partial charge in [-0.3, -0.25) is 13.9 Å². The fourth-order valence-corrected chi connectivity index (χ4v) is 1.55. The van der Waals surface area contributed by atoms with Crippen LogP contribution in [0, 0.1) is 6.92 Å². The molecule has 1 heterocycles. The summed E-state index contributed by atoms with van der Waals surface area (Å²) >= 11 is 0. The first kappa shape index (κ1) is 11.7. The van der Waals surface area contributed by atoms with Crippen molar-refractivity contribution < 1.29 is 18.1 Å². The standard InChI is InChI=1S/C8H11NO5S/c1-6-4-7(10)9(8(11)5-6)2-3-15(12,13)14/h4-5,10H,2-3H2,1H3,(H,12,13,14). The Hall–Kier alpha value is -1.34. The number of aryl methyl sites for hydroxylation is 1. The van der Waals surface area contributed by atoms with Crippen LogP contribution in [0.4, 0.5) is 0 Å². The maximum atomic E-state index is 11.3. The Morgan fingerprint density at radius 1 is 1.40 bits per heavy atom. The predicted molar refractivity (Wildman–Crippen MR) is 53.5 cm³/mol. The van der Waals surface area contributed by atoms with Crippen molar-refractivity contribution in [3.63, 3.8) is 0 Å². The van der Waals surface area contributed by atoms with Crippen molar-refractivity contribution in [1.82, 2.24) is 4.57 Å². The van der Waals surface area contributed by atoms with Gasteiger partial charge in [0.2, 0.25) is 0 Å². The molecule has 1 rings (SSSR count). The molecule has 0 aromatic carbocycles. The van der Waals surface area contributed by atoms with Gasteiger partial charge in [-0.1, -0.05) is 0 Å². The number of rotatable bonds is 3. The van der Waals surface area contributed by atoms with Crippen molar-refractivity contribution in [3.8, 4) is 5.88 Å². The highest BCUT2D eigenvalue weighted by Gasteiger charge is 2.09. The number of nitrogens with zero attached hydrogens (tertiary/aromatic N) is 1. The molecule has 15 heavy (non-hydrogen) atoms. The average Bonchev–Trinajstić information content (AvgIpc) is 1.99. The largest absolute Gasteiger partial charge is 0.494 e. The SMILES string of the molecule is Cc1cc(O)n(CCS(=O)(=O)O)c(=O)c1. The summed E-state index contributed by atoms with van der Waals surface area (Å²) in [5, 5.41) is 9.36. The summed E-state index contributed by atoms with van der Waals surface area (Å²) in [5.74, 6) is -0.924. The zero-order chi connectivity index (χ0) is 11.6. The Labute approximate surface area is 86.5 Å². The molecule has 0 amide bonds. The van der Waals surface area contributed by atoms with Gasteiger partial charge >= 0.3 is 0 Å². The number of aromatic hydroxyl groups is 1. The molecule has 0 saturated heterocycles. The van der Waals surface area contributed by atoms with Gasteiger partial charge in [0, 0.05) is 18.7 Å². The molecule has 6 nitrogen and oxygen atoms in total. The monoisotopic (exact) mass is 233 g/mol. The van der Waals surface area contributed by atoms with Crippen LogP contribution in [0.1, 0.15) is 5.56 Å². The van der Waals surface area contributed by atoms with Crippen molar-refractivity contribution in [3.05, 3.63) is 28.0 Å². The number of hydrogen-bond acceptors (Lipinski definition) is 4. The van der Waals surface area contributed by atoms with Gasteiger partial charge in [0.1, 0.15) is 0 Å². The van der Waals surface area contributed by atoms with E-state index in [1.54, 1.807) is 6.92 Å². The summed E-state index contributed by atoms with van der Waals surface area (Å²) in [7, 11) is -4.14. The highest BCUT2D eigenvalue weighted by Crippen LogP contribution is 2.07. The fourth-order valence-electron chi connectivity index (χ4n) is 1.14. The Balaban J connectivity index is 3.01. The van der Waals surface area contributed by atoms with Gasteiger partial charge in [-0.15, -0.1) is 0 Å². The van der Waals surface area contributed by atoms with E-state index in [1.807, 2.05) is 0 Å². The van der Waals surface area contributed by atoms with Crippen LogP contribution in [-0.4, -0.2) is 28.4 Å². The normalized spacial score (nSPS) is 11.6. The molecule has 7 heteroatoms.